The van der Waals surface area contributed by atoms with Crippen molar-refractivity contribution in [3.63, 3.8) is 0 Å². The van der Waals surface area contributed by atoms with Crippen LogP contribution >= 0.6 is 7.82 Å². The molecule has 500 valence electrons. The van der Waals surface area contributed by atoms with Crippen LogP contribution in [0.5, 0.6) is 0 Å². The highest BCUT2D eigenvalue weighted by molar-refractivity contribution is 7.40. The van der Waals surface area contributed by atoms with Crippen molar-refractivity contribution in [3.05, 3.63) is 0 Å². The Bertz CT molecular complexity index is 1290. The predicted molar refractivity (Wildman–Crippen MR) is 341 cm³/mol. The van der Waals surface area contributed by atoms with Crippen LogP contribution in [-0.2, 0) is 18.9 Å². The van der Waals surface area contributed by atoms with Crippen LogP contribution in [0.1, 0.15) is 350 Å². The highest BCUT2D eigenvalue weighted by Crippen LogP contribution is 2.17. The van der Waals surface area contributed by atoms with E-state index in [1.165, 1.54) is 250 Å². The van der Waals surface area contributed by atoms with E-state index in [0.29, 0.717) is 19.3 Å². The predicted octanol–water partition coefficient (Wildman–Crippen LogP) is 15.7. The molecule has 3 unspecified atom stereocenters. The van der Waals surface area contributed by atoms with Crippen molar-refractivity contribution in [2.45, 2.75) is 368 Å². The summed E-state index contributed by atoms with van der Waals surface area (Å²) < 4.78 is 7.85. The van der Waals surface area contributed by atoms with Gasteiger partial charge in [-0.1, -0.05) is 290 Å². The third kappa shape index (κ3) is 78.3. The molecule has 0 heterocycles. The van der Waals surface area contributed by atoms with Gasteiger partial charge in [0.1, 0.15) is 42.3 Å². The molecular formula is C66H141N6O10P. The van der Waals surface area contributed by atoms with E-state index in [1.807, 2.05) is 20.8 Å². The Morgan fingerprint density at radius 2 is 0.410 bits per heavy atom. The van der Waals surface area contributed by atoms with Crippen LogP contribution < -0.4 is 30.6 Å². The number of nitrogens with one attached hydrogen (secondary N) is 3. The number of hydrogen-bond acceptors (Lipinski definition) is 10. The van der Waals surface area contributed by atoms with E-state index >= 15 is 0 Å². The summed E-state index contributed by atoms with van der Waals surface area (Å²) in [6, 6.07) is 0. The van der Waals surface area contributed by atoms with Gasteiger partial charge >= 0.3 is 0 Å². The van der Waals surface area contributed by atoms with Crippen LogP contribution in [0.25, 0.3) is 0 Å². The summed E-state index contributed by atoms with van der Waals surface area (Å²) in [6.07, 6.45) is 61.0. The number of quaternary nitrogens is 3. The molecule has 0 fully saturated rings. The lowest BCUT2D eigenvalue weighted by atomic mass is 10.0. The first-order chi connectivity index (χ1) is 39.1. The molecule has 0 aromatic carbocycles. The monoisotopic (exact) mass is 1210 g/mol. The average Bonchev–Trinajstić information content (AvgIpc) is 3.40. The summed E-state index contributed by atoms with van der Waals surface area (Å²) in [5.41, 5.74) is 0. The largest absolute Gasteiger partial charge is 0.822 e. The van der Waals surface area contributed by atoms with Gasteiger partial charge in [0.2, 0.25) is 17.7 Å². The van der Waals surface area contributed by atoms with Crippen LogP contribution in [0.3, 0.4) is 0 Å². The molecule has 6 N–H and O–H groups in total. The van der Waals surface area contributed by atoms with E-state index in [1.54, 1.807) is 42.3 Å². The Hall–Kier alpha value is -1.72. The second-order valence-corrected chi connectivity index (χ2v) is 26.6. The van der Waals surface area contributed by atoms with Crippen LogP contribution in [0, 0.1) is 0 Å². The fourth-order valence-electron chi connectivity index (χ4n) is 9.36. The van der Waals surface area contributed by atoms with E-state index in [2.05, 4.69) is 36.7 Å². The fourth-order valence-corrected chi connectivity index (χ4v) is 9.36. The molecule has 0 aromatic rings. The summed E-state index contributed by atoms with van der Waals surface area (Å²) in [7, 11) is 4.60. The van der Waals surface area contributed by atoms with Gasteiger partial charge in [-0.2, -0.15) is 21.8 Å². The summed E-state index contributed by atoms with van der Waals surface area (Å²) >= 11 is 0. The maximum atomic E-state index is 11.8. The van der Waals surface area contributed by atoms with Gasteiger partial charge < -0.3 is 35.2 Å². The minimum Gasteiger partial charge on any atom is -0.822 e. The van der Waals surface area contributed by atoms with Crippen LogP contribution in [0.2, 0.25) is 0 Å². The van der Waals surface area contributed by atoms with Crippen molar-refractivity contribution in [1.82, 2.24) is 16.0 Å². The molecule has 17 heteroatoms. The Labute approximate surface area is 513 Å². The lowest BCUT2D eigenvalue weighted by molar-refractivity contribution is -1.09. The molecule has 0 saturated heterocycles. The molecule has 0 aromatic heterocycles. The number of amides is 3. The number of hydrogen-bond donors (Lipinski definition) is 6. The standard InChI is InChI=1S/3C22H46N2O2.H3O4P/c3*1-5-6-7-8-9-10-11-12-13-14-15-16-17-18-19-20-22(25)23-21(2)24(3,4)26;1-5(2,3)4/h3*21,26H,5-20H2,1-4H3;(H3,1,2,3,4). The van der Waals surface area contributed by atoms with Gasteiger partial charge in [0, 0.05) is 40.0 Å². The van der Waals surface area contributed by atoms with Crippen molar-refractivity contribution in [2.75, 3.05) is 42.3 Å². The van der Waals surface area contributed by atoms with Gasteiger partial charge in [0.15, 0.2) is 18.5 Å². The van der Waals surface area contributed by atoms with Crippen molar-refractivity contribution in [3.8, 4) is 0 Å². The first kappa shape index (κ1) is 87.7. The lowest BCUT2D eigenvalue weighted by Crippen LogP contribution is -2.53. The van der Waals surface area contributed by atoms with Gasteiger partial charge in [0.25, 0.3) is 0 Å². The fraction of sp³-hybridized carbons (Fsp3) is 0.955. The second-order valence-electron chi connectivity index (χ2n) is 25.7. The highest BCUT2D eigenvalue weighted by Gasteiger charge is 2.25. The molecule has 0 saturated carbocycles. The molecule has 16 nitrogen and oxygen atoms in total. The van der Waals surface area contributed by atoms with E-state index in [9.17, 15) is 30.0 Å². The highest BCUT2D eigenvalue weighted by atomic mass is 31.2. The maximum absolute atomic E-state index is 11.8. The molecular weight excluding hydrogens is 1070 g/mol. The van der Waals surface area contributed by atoms with Gasteiger partial charge in [-0.3, -0.25) is 14.4 Å². The molecule has 0 aliphatic rings. The number of nitrogens with zero attached hydrogens (tertiary/aromatic N) is 3. The number of unbranched alkanes of at least 4 members (excludes halogenated alkanes) is 42. The maximum Gasteiger partial charge on any atom is 0.224 e. The Morgan fingerprint density at radius 1 is 0.301 bits per heavy atom. The lowest BCUT2D eigenvalue weighted by Gasteiger charge is -2.36. The molecule has 0 spiro atoms. The molecule has 0 rings (SSSR count). The van der Waals surface area contributed by atoms with Gasteiger partial charge in [-0.25, -0.2) is 15.6 Å². The quantitative estimate of drug-likeness (QED) is 0.0111. The van der Waals surface area contributed by atoms with Crippen molar-refractivity contribution >= 4 is 25.5 Å². The summed E-state index contributed by atoms with van der Waals surface area (Å²) in [5, 5.41) is 37.8. The zero-order chi connectivity index (χ0) is 63.5. The molecule has 0 bridgehead atoms. The Balaban J connectivity index is -0.000000540. The number of rotatable bonds is 54. The SMILES string of the molecule is CCCCCCCCCCCCCCCCCC(=O)NC(C)[N+](C)(C)O.CCCCCCCCCCCCCCCCCC(=O)NC(C)[N+](C)(C)O.CCCCCCCCCCCCCCCCCC(=O)NC(C)[N+](C)(C)O.O=P([O-])([O-])[O-]. The number of carbonyl (C=O) groups excluding carboxylic acids is 3. The average molecular weight is 1210 g/mol. The van der Waals surface area contributed by atoms with Crippen molar-refractivity contribution in [1.29, 1.82) is 0 Å². The third-order valence-corrected chi connectivity index (χ3v) is 16.0. The van der Waals surface area contributed by atoms with Crippen LogP contribution in [0.4, 0.5) is 0 Å². The molecule has 3 amide bonds. The zero-order valence-corrected chi connectivity index (χ0v) is 57.6. The summed E-state index contributed by atoms with van der Waals surface area (Å²) in [4.78, 5) is 61.1. The number of hydroxylamine groups is 9. The van der Waals surface area contributed by atoms with E-state index in [-0.39, 0.29) is 50.2 Å². The third-order valence-electron chi connectivity index (χ3n) is 16.0. The van der Waals surface area contributed by atoms with E-state index in [0.717, 1.165) is 38.5 Å². The Kier molecular flexibility index (Phi) is 64.0. The van der Waals surface area contributed by atoms with Crippen molar-refractivity contribution in [2.24, 2.45) is 0 Å². The summed E-state index contributed by atoms with van der Waals surface area (Å²) in [5.74, 6) is 0.146. The first-order valence-corrected chi connectivity index (χ1v) is 35.9. The van der Waals surface area contributed by atoms with Crippen LogP contribution in [0.15, 0.2) is 0 Å². The van der Waals surface area contributed by atoms with Crippen LogP contribution in [-0.4, -0.2) is 108 Å². The molecule has 83 heavy (non-hydrogen) atoms. The smallest absolute Gasteiger partial charge is 0.224 e. The topological polar surface area (TPSA) is 234 Å². The number of carbonyl (C=O) groups is 3. The summed E-state index contributed by atoms with van der Waals surface area (Å²) in [6.45, 7) is 12.3. The minimum absolute atomic E-state index is 0.0486. The zero-order valence-electron chi connectivity index (χ0n) is 56.7. The molecule has 0 radical (unpaired) electrons. The van der Waals surface area contributed by atoms with Gasteiger partial charge in [-0.15, -0.1) is 0 Å². The normalized spacial score (nSPS) is 12.9. The van der Waals surface area contributed by atoms with Gasteiger partial charge in [-0.05, 0) is 19.3 Å². The van der Waals surface area contributed by atoms with E-state index < -0.39 is 7.82 Å². The molecule has 3 atom stereocenters. The molecule has 0 aliphatic heterocycles. The second kappa shape index (κ2) is 60.6. The minimum atomic E-state index is -5.39. The van der Waals surface area contributed by atoms with Gasteiger partial charge in [0.05, 0.1) is 0 Å². The van der Waals surface area contributed by atoms with Crippen molar-refractivity contribution < 1.29 is 63.2 Å². The molecule has 0 aliphatic carbocycles. The Morgan fingerprint density at radius 3 is 0.518 bits per heavy atom. The first-order valence-electron chi connectivity index (χ1n) is 34.4. The van der Waals surface area contributed by atoms with E-state index in [4.69, 9.17) is 19.2 Å². The number of phosphoric acid groups is 1.